The normalized spacial score (nSPS) is 17.9. The molecule has 0 aromatic carbocycles. The molecule has 0 saturated carbocycles. The van der Waals surface area contributed by atoms with E-state index in [0.717, 1.165) is 50.2 Å². The lowest BCUT2D eigenvalue weighted by Gasteiger charge is -2.32. The zero-order chi connectivity index (χ0) is 17.1. The molecule has 1 fully saturated rings. The van der Waals surface area contributed by atoms with E-state index in [1.165, 1.54) is 4.88 Å². The SMILES string of the molecule is O=C(CCCc1cccs1)N1CCCC(c2nnc3ccccn23)C1. The summed E-state index contributed by atoms with van der Waals surface area (Å²) in [5.41, 5.74) is 0.872. The Labute approximate surface area is 151 Å². The fraction of sp³-hybridized carbons (Fsp3) is 0.421. The van der Waals surface area contributed by atoms with Crippen LogP contribution in [0.5, 0.6) is 0 Å². The van der Waals surface area contributed by atoms with Gasteiger partial charge in [-0.15, -0.1) is 21.5 Å². The second kappa shape index (κ2) is 7.35. The number of pyridine rings is 1. The van der Waals surface area contributed by atoms with Crippen LogP contribution in [0.3, 0.4) is 0 Å². The van der Waals surface area contributed by atoms with Crippen molar-refractivity contribution in [3.8, 4) is 0 Å². The number of amides is 1. The quantitative estimate of drug-likeness (QED) is 0.704. The highest BCUT2D eigenvalue weighted by molar-refractivity contribution is 7.09. The lowest BCUT2D eigenvalue weighted by molar-refractivity contribution is -0.132. The molecule has 1 aliphatic heterocycles. The van der Waals surface area contributed by atoms with Crippen molar-refractivity contribution >= 4 is 22.9 Å². The van der Waals surface area contributed by atoms with E-state index in [2.05, 4.69) is 32.1 Å². The van der Waals surface area contributed by atoms with Crippen LogP contribution in [0.4, 0.5) is 0 Å². The number of rotatable bonds is 5. The third-order valence-corrected chi connectivity index (χ3v) is 5.81. The fourth-order valence-electron chi connectivity index (χ4n) is 3.58. The van der Waals surface area contributed by atoms with E-state index in [1.807, 2.05) is 29.3 Å². The molecule has 3 aromatic rings. The van der Waals surface area contributed by atoms with Gasteiger partial charge in [0.15, 0.2) is 5.65 Å². The van der Waals surface area contributed by atoms with Crippen LogP contribution in [-0.2, 0) is 11.2 Å². The molecule has 4 rings (SSSR count). The van der Waals surface area contributed by atoms with Gasteiger partial charge in [0.25, 0.3) is 0 Å². The summed E-state index contributed by atoms with van der Waals surface area (Å²) in [6, 6.07) is 10.1. The highest BCUT2D eigenvalue weighted by Crippen LogP contribution is 2.26. The van der Waals surface area contributed by atoms with Crippen molar-refractivity contribution in [2.45, 2.75) is 38.0 Å². The van der Waals surface area contributed by atoms with E-state index in [4.69, 9.17) is 0 Å². The van der Waals surface area contributed by atoms with Gasteiger partial charge in [0.1, 0.15) is 5.82 Å². The van der Waals surface area contributed by atoms with E-state index >= 15 is 0 Å². The van der Waals surface area contributed by atoms with Crippen LogP contribution >= 0.6 is 11.3 Å². The maximum atomic E-state index is 12.6. The van der Waals surface area contributed by atoms with Crippen molar-refractivity contribution in [1.82, 2.24) is 19.5 Å². The summed E-state index contributed by atoms with van der Waals surface area (Å²) in [5.74, 6) is 1.52. The average Bonchev–Trinajstić information content (AvgIpc) is 3.31. The highest BCUT2D eigenvalue weighted by atomic mass is 32.1. The summed E-state index contributed by atoms with van der Waals surface area (Å²) in [5, 5.41) is 10.7. The van der Waals surface area contributed by atoms with Gasteiger partial charge >= 0.3 is 0 Å². The van der Waals surface area contributed by atoms with Crippen molar-refractivity contribution in [2.24, 2.45) is 0 Å². The topological polar surface area (TPSA) is 50.5 Å². The fourth-order valence-corrected chi connectivity index (χ4v) is 4.33. The molecule has 6 heteroatoms. The number of aryl methyl sites for hydroxylation is 1. The second-order valence-electron chi connectivity index (χ2n) is 6.60. The monoisotopic (exact) mass is 354 g/mol. The van der Waals surface area contributed by atoms with E-state index in [1.54, 1.807) is 11.3 Å². The first kappa shape index (κ1) is 16.3. The molecular weight excluding hydrogens is 332 g/mol. The molecule has 0 bridgehead atoms. The van der Waals surface area contributed by atoms with Crippen LogP contribution in [0, 0.1) is 0 Å². The van der Waals surface area contributed by atoms with Crippen LogP contribution in [-0.4, -0.2) is 38.5 Å². The molecule has 25 heavy (non-hydrogen) atoms. The minimum Gasteiger partial charge on any atom is -0.342 e. The molecule has 1 unspecified atom stereocenters. The van der Waals surface area contributed by atoms with Crippen molar-refractivity contribution in [1.29, 1.82) is 0 Å². The molecule has 1 amide bonds. The van der Waals surface area contributed by atoms with Crippen LogP contribution < -0.4 is 0 Å². The van der Waals surface area contributed by atoms with Gasteiger partial charge in [-0.3, -0.25) is 9.20 Å². The Morgan fingerprint density at radius 1 is 1.24 bits per heavy atom. The van der Waals surface area contributed by atoms with E-state index in [0.29, 0.717) is 6.42 Å². The van der Waals surface area contributed by atoms with Gasteiger partial charge in [-0.25, -0.2) is 0 Å². The number of carbonyl (C=O) groups excluding carboxylic acids is 1. The number of nitrogens with zero attached hydrogens (tertiary/aromatic N) is 4. The van der Waals surface area contributed by atoms with Gasteiger partial charge in [0.2, 0.25) is 5.91 Å². The summed E-state index contributed by atoms with van der Waals surface area (Å²) in [6.45, 7) is 1.62. The summed E-state index contributed by atoms with van der Waals surface area (Å²) in [4.78, 5) is 16.0. The molecule has 3 aromatic heterocycles. The van der Waals surface area contributed by atoms with Crippen LogP contribution in [0.2, 0.25) is 0 Å². The van der Waals surface area contributed by atoms with Crippen molar-refractivity contribution in [3.63, 3.8) is 0 Å². The predicted octanol–water partition coefficient (Wildman–Crippen LogP) is 3.52. The number of thiophene rings is 1. The van der Waals surface area contributed by atoms with Crippen LogP contribution in [0.25, 0.3) is 5.65 Å². The molecule has 1 atom stereocenters. The van der Waals surface area contributed by atoms with E-state index in [-0.39, 0.29) is 11.8 Å². The van der Waals surface area contributed by atoms with Gasteiger partial charge in [0.05, 0.1) is 0 Å². The molecule has 0 radical (unpaired) electrons. The van der Waals surface area contributed by atoms with Gasteiger partial charge in [-0.05, 0) is 49.3 Å². The third kappa shape index (κ3) is 3.58. The van der Waals surface area contributed by atoms with Crippen LogP contribution in [0.1, 0.15) is 42.3 Å². The van der Waals surface area contributed by atoms with E-state index in [9.17, 15) is 4.79 Å². The number of aromatic nitrogens is 3. The number of piperidine rings is 1. The van der Waals surface area contributed by atoms with Gasteiger partial charge in [-0.2, -0.15) is 0 Å². The molecule has 5 nitrogen and oxygen atoms in total. The largest absolute Gasteiger partial charge is 0.342 e. The molecule has 0 aliphatic carbocycles. The second-order valence-corrected chi connectivity index (χ2v) is 7.63. The molecule has 130 valence electrons. The number of hydrogen-bond acceptors (Lipinski definition) is 4. The summed E-state index contributed by atoms with van der Waals surface area (Å²) >= 11 is 1.77. The smallest absolute Gasteiger partial charge is 0.222 e. The van der Waals surface area contributed by atoms with Crippen LogP contribution in [0.15, 0.2) is 41.9 Å². The first-order chi connectivity index (χ1) is 12.3. The number of likely N-dealkylation sites (tertiary alicyclic amines) is 1. The minimum absolute atomic E-state index is 0.271. The minimum atomic E-state index is 0.271. The first-order valence-electron chi connectivity index (χ1n) is 8.91. The maximum absolute atomic E-state index is 12.6. The molecule has 4 heterocycles. The third-order valence-electron chi connectivity index (χ3n) is 4.87. The summed E-state index contributed by atoms with van der Waals surface area (Å²) in [7, 11) is 0. The van der Waals surface area contributed by atoms with Gasteiger partial charge < -0.3 is 4.90 Å². The Hall–Kier alpha value is -2.21. The van der Waals surface area contributed by atoms with Crippen molar-refractivity contribution in [3.05, 3.63) is 52.6 Å². The standard InChI is InChI=1S/C19H22N4OS/c24-18(10-3-7-16-8-5-13-25-16)22-11-4-6-15(14-22)19-21-20-17-9-1-2-12-23(17)19/h1-2,5,8-9,12-13,15H,3-4,6-7,10-11,14H2. The average molecular weight is 354 g/mol. The molecular formula is C19H22N4OS. The van der Waals surface area contributed by atoms with E-state index < -0.39 is 0 Å². The number of carbonyl (C=O) groups is 1. The zero-order valence-corrected chi connectivity index (χ0v) is 15.0. The zero-order valence-electron chi connectivity index (χ0n) is 14.2. The Balaban J connectivity index is 1.38. The lowest BCUT2D eigenvalue weighted by atomic mass is 9.96. The Bertz CT molecular complexity index is 842. The summed E-state index contributed by atoms with van der Waals surface area (Å²) in [6.07, 6.45) is 6.65. The Kier molecular flexibility index (Phi) is 4.78. The van der Waals surface area contributed by atoms with Gasteiger partial charge in [-0.1, -0.05) is 12.1 Å². The van der Waals surface area contributed by atoms with Crippen molar-refractivity contribution < 1.29 is 4.79 Å². The van der Waals surface area contributed by atoms with Crippen molar-refractivity contribution in [2.75, 3.05) is 13.1 Å². The van der Waals surface area contributed by atoms with Gasteiger partial charge in [0, 0.05) is 36.5 Å². The molecule has 0 spiro atoms. The molecule has 0 N–H and O–H groups in total. The molecule has 1 aliphatic rings. The Morgan fingerprint density at radius 3 is 3.08 bits per heavy atom. The Morgan fingerprint density at radius 2 is 2.20 bits per heavy atom. The molecule has 1 saturated heterocycles. The first-order valence-corrected chi connectivity index (χ1v) is 9.79. The summed E-state index contributed by atoms with van der Waals surface area (Å²) < 4.78 is 2.05. The number of hydrogen-bond donors (Lipinski definition) is 0. The lowest BCUT2D eigenvalue weighted by Crippen LogP contribution is -2.39. The highest BCUT2D eigenvalue weighted by Gasteiger charge is 2.27. The number of fused-ring (bicyclic) bond motifs is 1. The maximum Gasteiger partial charge on any atom is 0.222 e. The predicted molar refractivity (Wildman–Crippen MR) is 98.8 cm³/mol.